The number of hydrogen-bond donors (Lipinski definition) is 0. The Kier molecular flexibility index (Phi) is 7.03. The van der Waals surface area contributed by atoms with Crippen LogP contribution in [0.3, 0.4) is 0 Å². The lowest BCUT2D eigenvalue weighted by Gasteiger charge is -2.32. The van der Waals surface area contributed by atoms with Crippen molar-refractivity contribution >= 4 is 35.1 Å². The van der Waals surface area contributed by atoms with E-state index < -0.39 is 5.97 Å². The van der Waals surface area contributed by atoms with Gasteiger partial charge in [0.05, 0.1) is 23.4 Å². The summed E-state index contributed by atoms with van der Waals surface area (Å²) in [6, 6.07) is 4.60. The van der Waals surface area contributed by atoms with Crippen molar-refractivity contribution < 1.29 is 19.1 Å². The summed E-state index contributed by atoms with van der Waals surface area (Å²) in [5.41, 5.74) is 0.705. The monoisotopic (exact) mass is 380 g/mol. The number of hydrogen-bond acceptors (Lipinski definition) is 4. The van der Waals surface area contributed by atoms with Gasteiger partial charge in [0, 0.05) is 33.0 Å². The van der Waals surface area contributed by atoms with E-state index in [4.69, 9.17) is 16.3 Å². The van der Waals surface area contributed by atoms with E-state index in [2.05, 4.69) is 6.92 Å². The number of ether oxygens (including phenoxy) is 1. The summed E-state index contributed by atoms with van der Waals surface area (Å²) in [5, 5.41) is 0.340. The second kappa shape index (κ2) is 9.03. The Labute approximate surface area is 159 Å². The summed E-state index contributed by atoms with van der Waals surface area (Å²) in [4.78, 5) is 39.6. The summed E-state index contributed by atoms with van der Waals surface area (Å²) in [6.07, 6.45) is 2.36. The molecule has 0 saturated carbocycles. The number of halogens is 1. The van der Waals surface area contributed by atoms with Crippen LogP contribution in [0.4, 0.5) is 5.69 Å². The van der Waals surface area contributed by atoms with Gasteiger partial charge in [0.25, 0.3) is 0 Å². The van der Waals surface area contributed by atoms with E-state index in [1.54, 1.807) is 6.07 Å². The first kappa shape index (κ1) is 20.2. The number of benzene rings is 1. The van der Waals surface area contributed by atoms with Gasteiger partial charge in [-0.25, -0.2) is 4.79 Å². The molecule has 1 saturated heterocycles. The normalized spacial score (nSPS) is 16.9. The third kappa shape index (κ3) is 4.97. The number of carbonyl (C=O) groups excluding carboxylic acids is 3. The highest BCUT2D eigenvalue weighted by Gasteiger charge is 2.23. The molecule has 6 nitrogen and oxygen atoms in total. The van der Waals surface area contributed by atoms with Gasteiger partial charge in [-0.05, 0) is 37.0 Å². The highest BCUT2D eigenvalue weighted by atomic mass is 35.5. The molecule has 0 N–H and O–H groups in total. The van der Waals surface area contributed by atoms with Crippen LogP contribution < -0.4 is 4.90 Å². The molecule has 26 heavy (non-hydrogen) atoms. The maximum atomic E-state index is 12.5. The van der Waals surface area contributed by atoms with Crippen molar-refractivity contribution in [1.82, 2.24) is 4.90 Å². The first-order valence-electron chi connectivity index (χ1n) is 8.77. The number of likely N-dealkylation sites (tertiary alicyclic amines) is 1. The van der Waals surface area contributed by atoms with Gasteiger partial charge in [-0.3, -0.25) is 9.59 Å². The lowest BCUT2D eigenvalue weighted by Crippen LogP contribution is -2.41. The minimum Gasteiger partial charge on any atom is -0.465 e. The molecule has 0 aromatic heterocycles. The molecule has 142 valence electrons. The maximum absolute atomic E-state index is 12.5. The Morgan fingerprint density at radius 2 is 2.08 bits per heavy atom. The van der Waals surface area contributed by atoms with Crippen molar-refractivity contribution in [2.45, 2.75) is 33.1 Å². The van der Waals surface area contributed by atoms with Crippen molar-refractivity contribution in [3.05, 3.63) is 28.8 Å². The largest absolute Gasteiger partial charge is 0.465 e. The fourth-order valence-electron chi connectivity index (χ4n) is 3.19. The van der Waals surface area contributed by atoms with Crippen molar-refractivity contribution in [2.24, 2.45) is 5.92 Å². The predicted octanol–water partition coefficient (Wildman–Crippen LogP) is 3.13. The molecule has 0 spiro atoms. The topological polar surface area (TPSA) is 66.9 Å². The molecule has 2 amide bonds. The summed E-state index contributed by atoms with van der Waals surface area (Å²) >= 11 is 6.22. The second-order valence-electron chi connectivity index (χ2n) is 6.67. The number of nitrogens with zero attached hydrogens (tertiary/aromatic N) is 2. The molecule has 0 bridgehead atoms. The molecule has 2 rings (SSSR count). The third-order valence-electron chi connectivity index (χ3n) is 4.60. The number of rotatable bonds is 5. The fraction of sp³-hybridized carbons (Fsp3) is 0.526. The average molecular weight is 381 g/mol. The molecular weight excluding hydrogens is 356 g/mol. The number of anilines is 1. The van der Waals surface area contributed by atoms with Crippen molar-refractivity contribution in [3.8, 4) is 0 Å². The van der Waals surface area contributed by atoms with Crippen LogP contribution in [-0.2, 0) is 14.3 Å². The van der Waals surface area contributed by atoms with Crippen LogP contribution in [0.5, 0.6) is 0 Å². The van der Waals surface area contributed by atoms with E-state index >= 15 is 0 Å². The molecular formula is C19H25ClN2O4. The first-order chi connectivity index (χ1) is 12.3. The fourth-order valence-corrected chi connectivity index (χ4v) is 3.41. The summed E-state index contributed by atoms with van der Waals surface area (Å²) in [6.45, 7) is 5.29. The minimum absolute atomic E-state index is 0.0306. The number of esters is 1. The molecule has 0 radical (unpaired) electrons. The second-order valence-corrected chi connectivity index (χ2v) is 7.07. The van der Waals surface area contributed by atoms with Gasteiger partial charge in [-0.1, -0.05) is 18.5 Å². The first-order valence-corrected chi connectivity index (χ1v) is 9.15. The summed E-state index contributed by atoms with van der Waals surface area (Å²) < 4.78 is 4.71. The van der Waals surface area contributed by atoms with Gasteiger partial charge < -0.3 is 14.5 Å². The molecule has 1 atom stereocenters. The van der Waals surface area contributed by atoms with Gasteiger partial charge >= 0.3 is 5.97 Å². The van der Waals surface area contributed by atoms with Crippen molar-refractivity contribution in [2.75, 3.05) is 31.6 Å². The quantitative estimate of drug-likeness (QED) is 0.736. The van der Waals surface area contributed by atoms with E-state index in [-0.39, 0.29) is 24.8 Å². The Balaban J connectivity index is 2.13. The van der Waals surface area contributed by atoms with Crippen LogP contribution in [0.25, 0.3) is 0 Å². The van der Waals surface area contributed by atoms with Crippen LogP contribution >= 0.6 is 11.6 Å². The highest BCUT2D eigenvalue weighted by molar-refractivity contribution is 6.34. The molecule has 1 aliphatic rings. The van der Waals surface area contributed by atoms with Gasteiger partial charge in [-0.15, -0.1) is 0 Å². The van der Waals surface area contributed by atoms with Gasteiger partial charge in [0.1, 0.15) is 0 Å². The zero-order valence-electron chi connectivity index (χ0n) is 15.5. The minimum atomic E-state index is -0.509. The zero-order chi connectivity index (χ0) is 19.3. The van der Waals surface area contributed by atoms with Crippen LogP contribution in [0, 0.1) is 5.92 Å². The molecule has 1 unspecified atom stereocenters. The summed E-state index contributed by atoms with van der Waals surface area (Å²) in [5.74, 6) is -0.218. The SMILES string of the molecule is COC(=O)c1ccc(Cl)c(N(CCC(=O)N2CCCC(C)C2)C(C)=O)c1. The molecule has 0 aliphatic carbocycles. The summed E-state index contributed by atoms with van der Waals surface area (Å²) in [7, 11) is 1.29. The molecule has 1 aromatic carbocycles. The molecule has 1 fully saturated rings. The smallest absolute Gasteiger partial charge is 0.337 e. The molecule has 1 aliphatic heterocycles. The molecule has 1 heterocycles. The van der Waals surface area contributed by atoms with Crippen LogP contribution in [-0.4, -0.2) is 49.4 Å². The number of carbonyl (C=O) groups is 3. The Hall–Kier alpha value is -2.08. The zero-order valence-corrected chi connectivity index (χ0v) is 16.2. The van der Waals surface area contributed by atoms with E-state index in [0.717, 1.165) is 25.9 Å². The van der Waals surface area contributed by atoms with E-state index in [1.165, 1.54) is 31.1 Å². The van der Waals surface area contributed by atoms with E-state index in [0.29, 0.717) is 22.2 Å². The maximum Gasteiger partial charge on any atom is 0.337 e. The van der Waals surface area contributed by atoms with Crippen molar-refractivity contribution in [3.63, 3.8) is 0 Å². The number of methoxy groups -OCH3 is 1. The standard InChI is InChI=1S/C19H25ClN2O4/c1-13-5-4-9-21(12-13)18(24)8-10-22(14(2)23)17-11-15(19(25)26-3)6-7-16(17)20/h6-7,11,13H,4-5,8-10,12H2,1-3H3. The van der Waals surface area contributed by atoms with Crippen LogP contribution in [0.15, 0.2) is 18.2 Å². The van der Waals surface area contributed by atoms with Crippen LogP contribution in [0.2, 0.25) is 5.02 Å². The lowest BCUT2D eigenvalue weighted by molar-refractivity contribution is -0.132. The Bertz CT molecular complexity index is 692. The van der Waals surface area contributed by atoms with E-state index in [1.807, 2.05) is 4.90 Å². The lowest BCUT2D eigenvalue weighted by atomic mass is 10.00. The van der Waals surface area contributed by atoms with Crippen LogP contribution in [0.1, 0.15) is 43.5 Å². The Morgan fingerprint density at radius 1 is 1.35 bits per heavy atom. The van der Waals surface area contributed by atoms with Gasteiger partial charge in [0.15, 0.2) is 0 Å². The third-order valence-corrected chi connectivity index (χ3v) is 4.92. The predicted molar refractivity (Wildman–Crippen MR) is 100 cm³/mol. The molecule has 1 aromatic rings. The van der Waals surface area contributed by atoms with Gasteiger partial charge in [0.2, 0.25) is 11.8 Å². The van der Waals surface area contributed by atoms with Crippen molar-refractivity contribution in [1.29, 1.82) is 0 Å². The molecule has 7 heteroatoms. The number of piperidine rings is 1. The average Bonchev–Trinajstić information content (AvgIpc) is 2.62. The Morgan fingerprint density at radius 3 is 2.69 bits per heavy atom. The number of amides is 2. The van der Waals surface area contributed by atoms with E-state index in [9.17, 15) is 14.4 Å². The highest BCUT2D eigenvalue weighted by Crippen LogP contribution is 2.28. The van der Waals surface area contributed by atoms with Gasteiger partial charge in [-0.2, -0.15) is 0 Å².